The molecule has 4 nitrogen and oxygen atoms in total. The fourth-order valence-corrected chi connectivity index (χ4v) is 2.45. The van der Waals surface area contributed by atoms with E-state index in [4.69, 9.17) is 4.74 Å². The van der Waals surface area contributed by atoms with Crippen LogP contribution in [0.15, 0.2) is 24.4 Å². The van der Waals surface area contributed by atoms with E-state index in [1.54, 1.807) is 24.4 Å². The zero-order valence-corrected chi connectivity index (χ0v) is 13.1. The first-order valence-corrected chi connectivity index (χ1v) is 6.89. The van der Waals surface area contributed by atoms with Crippen LogP contribution < -0.4 is 0 Å². The van der Waals surface area contributed by atoms with Crippen LogP contribution in [-0.4, -0.2) is 22.5 Å². The van der Waals surface area contributed by atoms with Gasteiger partial charge in [-0.25, -0.2) is 4.79 Å². The Morgan fingerprint density at radius 3 is 2.63 bits per heavy atom. The van der Waals surface area contributed by atoms with E-state index >= 15 is 0 Å². The van der Waals surface area contributed by atoms with Gasteiger partial charge in [-0.15, -0.1) is 0 Å². The van der Waals surface area contributed by atoms with Crippen molar-refractivity contribution in [2.75, 3.05) is 0 Å². The molecule has 1 heterocycles. The van der Waals surface area contributed by atoms with Crippen LogP contribution in [0.3, 0.4) is 0 Å². The summed E-state index contributed by atoms with van der Waals surface area (Å²) < 4.78 is 7.73. The molecule has 2 rings (SSSR count). The topological polar surface area (TPSA) is 48.3 Å². The lowest BCUT2D eigenvalue weighted by Crippen LogP contribution is -2.26. The number of carbonyl (C=O) groups is 2. The lowest BCUT2D eigenvalue weighted by atomic mass is 10.2. The zero-order chi connectivity index (χ0) is 14.2. The molecule has 0 unspecified atom stereocenters. The number of aldehydes is 1. The highest BCUT2D eigenvalue weighted by Crippen LogP contribution is 2.25. The van der Waals surface area contributed by atoms with E-state index in [2.05, 4.69) is 22.6 Å². The molecule has 0 N–H and O–H groups in total. The first-order chi connectivity index (χ1) is 8.81. The van der Waals surface area contributed by atoms with Gasteiger partial charge in [-0.2, -0.15) is 0 Å². The van der Waals surface area contributed by atoms with Crippen molar-refractivity contribution in [2.45, 2.75) is 26.4 Å². The predicted octanol–water partition coefficient (Wildman–Crippen LogP) is 3.84. The Labute approximate surface area is 124 Å². The molecule has 19 heavy (non-hydrogen) atoms. The maximum atomic E-state index is 12.1. The summed E-state index contributed by atoms with van der Waals surface area (Å²) in [5.41, 5.74) is 0.790. The molecular formula is C14H14INO3. The minimum atomic E-state index is -0.540. The standard InChI is InChI=1S/C14H14INO3/c1-14(2,3)19-13(18)16-7-11(15)10-6-9(8-17)4-5-12(10)16/h4-8H,1-3H3. The smallest absolute Gasteiger partial charge is 0.419 e. The van der Waals surface area contributed by atoms with E-state index in [9.17, 15) is 9.59 Å². The first kappa shape index (κ1) is 14.0. The summed E-state index contributed by atoms with van der Waals surface area (Å²) in [6.45, 7) is 5.48. The van der Waals surface area contributed by atoms with Gasteiger partial charge in [0.1, 0.15) is 11.9 Å². The molecule has 0 aliphatic heterocycles. The highest BCUT2D eigenvalue weighted by atomic mass is 127. The second-order valence-electron chi connectivity index (χ2n) is 5.22. The van der Waals surface area contributed by atoms with Crippen LogP contribution in [0.4, 0.5) is 4.79 Å². The Bertz CT molecular complexity index is 652. The summed E-state index contributed by atoms with van der Waals surface area (Å²) >= 11 is 2.14. The van der Waals surface area contributed by atoms with Crippen molar-refractivity contribution >= 4 is 45.9 Å². The Morgan fingerprint density at radius 1 is 1.37 bits per heavy atom. The molecule has 2 aromatic rings. The largest absolute Gasteiger partial charge is 0.443 e. The van der Waals surface area contributed by atoms with E-state index in [0.717, 1.165) is 20.8 Å². The molecule has 0 atom stereocenters. The molecule has 0 fully saturated rings. The first-order valence-electron chi connectivity index (χ1n) is 5.81. The third-order valence-electron chi connectivity index (χ3n) is 2.51. The van der Waals surface area contributed by atoms with Gasteiger partial charge >= 0.3 is 6.09 Å². The number of carbonyl (C=O) groups excluding carboxylic acids is 2. The van der Waals surface area contributed by atoms with Gasteiger partial charge in [0.2, 0.25) is 0 Å². The van der Waals surface area contributed by atoms with Gasteiger partial charge in [-0.05, 0) is 61.6 Å². The molecule has 0 bridgehead atoms. The van der Waals surface area contributed by atoms with Crippen molar-refractivity contribution in [3.05, 3.63) is 33.5 Å². The number of halogens is 1. The van der Waals surface area contributed by atoms with Crippen LogP contribution >= 0.6 is 22.6 Å². The van der Waals surface area contributed by atoms with Gasteiger partial charge in [-0.3, -0.25) is 9.36 Å². The summed E-state index contributed by atoms with van der Waals surface area (Å²) in [7, 11) is 0. The minimum Gasteiger partial charge on any atom is -0.443 e. The molecule has 1 aromatic heterocycles. The molecular weight excluding hydrogens is 357 g/mol. The average Bonchev–Trinajstić information content (AvgIpc) is 2.64. The number of benzene rings is 1. The van der Waals surface area contributed by atoms with Crippen LogP contribution in [0.25, 0.3) is 10.9 Å². The Balaban J connectivity index is 2.51. The van der Waals surface area contributed by atoms with Crippen LogP contribution in [0.1, 0.15) is 31.1 Å². The van der Waals surface area contributed by atoms with Gasteiger partial charge in [0.25, 0.3) is 0 Å². The maximum Gasteiger partial charge on any atom is 0.419 e. The number of ether oxygens (including phenoxy) is 1. The zero-order valence-electron chi connectivity index (χ0n) is 10.9. The number of nitrogens with zero attached hydrogens (tertiary/aromatic N) is 1. The van der Waals surface area contributed by atoms with Gasteiger partial charge in [0.15, 0.2) is 0 Å². The monoisotopic (exact) mass is 371 g/mol. The Hall–Kier alpha value is -1.37. The molecule has 100 valence electrons. The van der Waals surface area contributed by atoms with Crippen molar-refractivity contribution in [3.8, 4) is 0 Å². The molecule has 0 saturated carbocycles. The quantitative estimate of drug-likeness (QED) is 0.565. The molecule has 0 aliphatic carbocycles. The summed E-state index contributed by atoms with van der Waals surface area (Å²) in [5.74, 6) is 0. The summed E-state index contributed by atoms with van der Waals surface area (Å²) in [5, 5.41) is 0.871. The minimum absolute atomic E-state index is 0.417. The second kappa shape index (κ2) is 4.96. The highest BCUT2D eigenvalue weighted by molar-refractivity contribution is 14.1. The molecule has 1 aromatic carbocycles. The third-order valence-corrected chi connectivity index (χ3v) is 3.37. The highest BCUT2D eigenvalue weighted by Gasteiger charge is 2.20. The molecule has 0 spiro atoms. The molecule has 0 aliphatic rings. The lowest BCUT2D eigenvalue weighted by Gasteiger charge is -2.19. The summed E-state index contributed by atoms with van der Waals surface area (Å²) in [4.78, 5) is 22.9. The van der Waals surface area contributed by atoms with Crippen molar-refractivity contribution < 1.29 is 14.3 Å². The summed E-state index contributed by atoms with van der Waals surface area (Å²) in [6, 6.07) is 5.21. The number of fused-ring (bicyclic) bond motifs is 1. The van der Waals surface area contributed by atoms with E-state index in [1.807, 2.05) is 20.8 Å². The van der Waals surface area contributed by atoms with Crippen molar-refractivity contribution in [2.24, 2.45) is 0 Å². The van der Waals surface area contributed by atoms with Gasteiger partial charge in [-0.1, -0.05) is 0 Å². The molecule has 0 amide bonds. The molecule has 0 radical (unpaired) electrons. The number of rotatable bonds is 1. The van der Waals surface area contributed by atoms with Crippen LogP contribution in [0.2, 0.25) is 0 Å². The van der Waals surface area contributed by atoms with E-state index in [1.165, 1.54) is 4.57 Å². The third kappa shape index (κ3) is 2.97. The number of hydrogen-bond donors (Lipinski definition) is 0. The van der Waals surface area contributed by atoms with Crippen molar-refractivity contribution in [3.63, 3.8) is 0 Å². The van der Waals surface area contributed by atoms with Crippen molar-refractivity contribution in [1.29, 1.82) is 0 Å². The number of aromatic nitrogens is 1. The predicted molar refractivity (Wildman–Crippen MR) is 81.7 cm³/mol. The van der Waals surface area contributed by atoms with Crippen LogP contribution in [-0.2, 0) is 4.74 Å². The Morgan fingerprint density at radius 2 is 2.05 bits per heavy atom. The fourth-order valence-electron chi connectivity index (χ4n) is 1.74. The van der Waals surface area contributed by atoms with E-state index < -0.39 is 11.7 Å². The van der Waals surface area contributed by atoms with Gasteiger partial charge in [0.05, 0.1) is 5.52 Å². The van der Waals surface area contributed by atoms with Gasteiger partial charge < -0.3 is 4.74 Å². The van der Waals surface area contributed by atoms with Crippen LogP contribution in [0, 0.1) is 3.57 Å². The average molecular weight is 371 g/mol. The number of hydrogen-bond acceptors (Lipinski definition) is 3. The van der Waals surface area contributed by atoms with E-state index in [-0.39, 0.29) is 0 Å². The Kier molecular flexibility index (Phi) is 3.66. The van der Waals surface area contributed by atoms with Crippen molar-refractivity contribution in [1.82, 2.24) is 4.57 Å². The van der Waals surface area contributed by atoms with E-state index in [0.29, 0.717) is 5.56 Å². The van der Waals surface area contributed by atoms with Crippen LogP contribution in [0.5, 0.6) is 0 Å². The SMILES string of the molecule is CC(C)(C)OC(=O)n1cc(I)c2cc(C=O)ccc21. The molecule has 5 heteroatoms. The maximum absolute atomic E-state index is 12.1. The fraction of sp³-hybridized carbons (Fsp3) is 0.286. The lowest BCUT2D eigenvalue weighted by molar-refractivity contribution is 0.0544. The normalized spacial score (nSPS) is 11.6. The molecule has 0 saturated heterocycles. The second-order valence-corrected chi connectivity index (χ2v) is 6.38. The summed E-state index contributed by atoms with van der Waals surface area (Å²) in [6.07, 6.45) is 2.09. The van der Waals surface area contributed by atoms with Gasteiger partial charge in [0, 0.05) is 20.7 Å².